The molecule has 0 spiro atoms. The Labute approximate surface area is 113 Å². The second-order valence-electron chi connectivity index (χ2n) is 5.31. The zero-order valence-electron chi connectivity index (χ0n) is 11.4. The van der Waals surface area contributed by atoms with Crippen molar-refractivity contribution in [1.82, 2.24) is 4.90 Å². The average molecular weight is 264 g/mol. The van der Waals surface area contributed by atoms with Gasteiger partial charge >= 0.3 is 0 Å². The molecule has 2 N–H and O–H groups in total. The lowest BCUT2D eigenvalue weighted by atomic mass is 9.98. The fourth-order valence-electron chi connectivity index (χ4n) is 2.66. The SMILES string of the molecule is CCC1CCC(=O)N(Cc2cc(N)cc(F)c2)CC1. The molecule has 1 atom stereocenters. The maximum Gasteiger partial charge on any atom is 0.222 e. The molecule has 1 heterocycles. The molecule has 3 nitrogen and oxygen atoms in total. The van der Waals surface area contributed by atoms with Crippen LogP contribution in [0, 0.1) is 11.7 Å². The lowest BCUT2D eigenvalue weighted by molar-refractivity contribution is -0.131. The van der Waals surface area contributed by atoms with Crippen LogP contribution in [0.3, 0.4) is 0 Å². The van der Waals surface area contributed by atoms with Crippen LogP contribution in [0.5, 0.6) is 0 Å². The molecule has 1 unspecified atom stereocenters. The van der Waals surface area contributed by atoms with Crippen molar-refractivity contribution >= 4 is 11.6 Å². The van der Waals surface area contributed by atoms with Crippen LogP contribution in [-0.2, 0) is 11.3 Å². The number of carbonyl (C=O) groups excluding carboxylic acids is 1. The van der Waals surface area contributed by atoms with E-state index in [4.69, 9.17) is 5.73 Å². The number of amides is 1. The molecular weight excluding hydrogens is 243 g/mol. The molecule has 19 heavy (non-hydrogen) atoms. The molecule has 0 aliphatic carbocycles. The van der Waals surface area contributed by atoms with Gasteiger partial charge in [0.1, 0.15) is 5.82 Å². The van der Waals surface area contributed by atoms with Gasteiger partial charge in [-0.15, -0.1) is 0 Å². The van der Waals surface area contributed by atoms with E-state index in [1.165, 1.54) is 12.1 Å². The number of nitrogen functional groups attached to an aromatic ring is 1. The molecule has 0 saturated carbocycles. The topological polar surface area (TPSA) is 46.3 Å². The van der Waals surface area contributed by atoms with Gasteiger partial charge in [0, 0.05) is 25.2 Å². The van der Waals surface area contributed by atoms with E-state index in [1.54, 1.807) is 6.07 Å². The van der Waals surface area contributed by atoms with E-state index in [2.05, 4.69) is 6.92 Å². The minimum absolute atomic E-state index is 0.166. The molecule has 1 aromatic rings. The summed E-state index contributed by atoms with van der Waals surface area (Å²) in [5.41, 5.74) is 6.80. The van der Waals surface area contributed by atoms with Crippen LogP contribution in [0.4, 0.5) is 10.1 Å². The van der Waals surface area contributed by atoms with Crippen molar-refractivity contribution < 1.29 is 9.18 Å². The fourth-order valence-corrected chi connectivity index (χ4v) is 2.66. The normalized spacial score (nSPS) is 20.4. The maximum absolute atomic E-state index is 13.3. The summed E-state index contributed by atoms with van der Waals surface area (Å²) in [5, 5.41) is 0. The van der Waals surface area contributed by atoms with Gasteiger partial charge < -0.3 is 10.6 Å². The summed E-state index contributed by atoms with van der Waals surface area (Å²) in [6.07, 6.45) is 3.72. The van der Waals surface area contributed by atoms with Crippen LogP contribution in [0.15, 0.2) is 18.2 Å². The largest absolute Gasteiger partial charge is 0.399 e. The molecule has 104 valence electrons. The molecule has 0 aromatic heterocycles. The number of rotatable bonds is 3. The number of benzene rings is 1. The molecule has 1 fully saturated rings. The predicted molar refractivity (Wildman–Crippen MR) is 73.9 cm³/mol. The van der Waals surface area contributed by atoms with Crippen LogP contribution in [0.2, 0.25) is 0 Å². The number of carbonyl (C=O) groups is 1. The van der Waals surface area contributed by atoms with E-state index < -0.39 is 0 Å². The van der Waals surface area contributed by atoms with E-state index in [0.29, 0.717) is 24.6 Å². The van der Waals surface area contributed by atoms with Crippen LogP contribution in [0.1, 0.15) is 38.2 Å². The maximum atomic E-state index is 13.3. The van der Waals surface area contributed by atoms with Crippen molar-refractivity contribution in [1.29, 1.82) is 0 Å². The summed E-state index contributed by atoms with van der Waals surface area (Å²) in [5.74, 6) is 0.453. The van der Waals surface area contributed by atoms with Crippen molar-refractivity contribution in [2.24, 2.45) is 5.92 Å². The monoisotopic (exact) mass is 264 g/mol. The number of halogens is 1. The smallest absolute Gasteiger partial charge is 0.222 e. The Balaban J connectivity index is 2.06. The molecule has 1 saturated heterocycles. The van der Waals surface area contributed by atoms with Crippen molar-refractivity contribution in [3.05, 3.63) is 29.6 Å². The molecule has 4 heteroatoms. The standard InChI is InChI=1S/C15H21FN2O/c1-2-11-3-4-15(19)18(6-5-11)10-12-7-13(16)9-14(17)8-12/h7-9,11H,2-6,10,17H2,1H3. The summed E-state index contributed by atoms with van der Waals surface area (Å²) >= 11 is 0. The van der Waals surface area contributed by atoms with Gasteiger partial charge in [0.15, 0.2) is 0 Å². The Bertz CT molecular complexity index is 441. The Kier molecular flexibility index (Phi) is 4.40. The van der Waals surface area contributed by atoms with Gasteiger partial charge in [-0.1, -0.05) is 13.3 Å². The first kappa shape index (κ1) is 13.8. The minimum Gasteiger partial charge on any atom is -0.399 e. The molecule has 1 aromatic carbocycles. The Morgan fingerprint density at radius 3 is 2.84 bits per heavy atom. The summed E-state index contributed by atoms with van der Waals surface area (Å²) in [7, 11) is 0. The summed E-state index contributed by atoms with van der Waals surface area (Å²) in [4.78, 5) is 13.9. The highest BCUT2D eigenvalue weighted by molar-refractivity contribution is 5.76. The van der Waals surface area contributed by atoms with E-state index >= 15 is 0 Å². The van der Waals surface area contributed by atoms with Gasteiger partial charge in [-0.25, -0.2) is 4.39 Å². The van der Waals surface area contributed by atoms with E-state index in [9.17, 15) is 9.18 Å². The van der Waals surface area contributed by atoms with Crippen LogP contribution >= 0.6 is 0 Å². The van der Waals surface area contributed by atoms with Gasteiger partial charge in [-0.05, 0) is 42.5 Å². The third kappa shape index (κ3) is 3.69. The summed E-state index contributed by atoms with van der Waals surface area (Å²) in [6, 6.07) is 4.48. The highest BCUT2D eigenvalue weighted by Gasteiger charge is 2.21. The van der Waals surface area contributed by atoms with Crippen LogP contribution in [-0.4, -0.2) is 17.4 Å². The first-order valence-corrected chi connectivity index (χ1v) is 6.91. The lowest BCUT2D eigenvalue weighted by Gasteiger charge is -2.21. The van der Waals surface area contributed by atoms with E-state index in [-0.39, 0.29) is 11.7 Å². The molecule has 0 bridgehead atoms. The Morgan fingerprint density at radius 2 is 2.16 bits per heavy atom. The number of hydrogen-bond donors (Lipinski definition) is 1. The number of hydrogen-bond acceptors (Lipinski definition) is 2. The molecule has 1 aliphatic heterocycles. The highest BCUT2D eigenvalue weighted by Crippen LogP contribution is 2.22. The molecular formula is C15H21FN2O. The zero-order chi connectivity index (χ0) is 13.8. The van der Waals surface area contributed by atoms with Crippen molar-refractivity contribution in [3.63, 3.8) is 0 Å². The van der Waals surface area contributed by atoms with Gasteiger partial charge in [0.05, 0.1) is 0 Å². The average Bonchev–Trinajstić information content (AvgIpc) is 2.51. The van der Waals surface area contributed by atoms with Gasteiger partial charge in [0.2, 0.25) is 5.91 Å². The first-order chi connectivity index (χ1) is 9.08. The van der Waals surface area contributed by atoms with Crippen molar-refractivity contribution in [2.75, 3.05) is 12.3 Å². The first-order valence-electron chi connectivity index (χ1n) is 6.91. The van der Waals surface area contributed by atoms with E-state index in [0.717, 1.165) is 31.4 Å². The van der Waals surface area contributed by atoms with Gasteiger partial charge in [-0.3, -0.25) is 4.79 Å². The third-order valence-electron chi connectivity index (χ3n) is 3.86. The van der Waals surface area contributed by atoms with Crippen LogP contribution < -0.4 is 5.73 Å². The Morgan fingerprint density at radius 1 is 1.37 bits per heavy atom. The predicted octanol–water partition coefficient (Wildman–Crippen LogP) is 2.95. The number of nitrogens with two attached hydrogens (primary N) is 1. The second kappa shape index (κ2) is 6.04. The number of nitrogens with zero attached hydrogens (tertiary/aromatic N) is 1. The summed E-state index contributed by atoms with van der Waals surface area (Å²) in [6.45, 7) is 3.38. The van der Waals surface area contributed by atoms with Gasteiger partial charge in [0.25, 0.3) is 0 Å². The summed E-state index contributed by atoms with van der Waals surface area (Å²) < 4.78 is 13.3. The van der Waals surface area contributed by atoms with Crippen molar-refractivity contribution in [3.8, 4) is 0 Å². The number of anilines is 1. The lowest BCUT2D eigenvalue weighted by Crippen LogP contribution is -2.29. The molecule has 2 rings (SSSR count). The third-order valence-corrected chi connectivity index (χ3v) is 3.86. The second-order valence-corrected chi connectivity index (χ2v) is 5.31. The van der Waals surface area contributed by atoms with Crippen molar-refractivity contribution in [2.45, 2.75) is 39.2 Å². The minimum atomic E-state index is -0.344. The fraction of sp³-hybridized carbons (Fsp3) is 0.533. The quantitative estimate of drug-likeness (QED) is 0.853. The highest BCUT2D eigenvalue weighted by atomic mass is 19.1. The Hall–Kier alpha value is -1.58. The van der Waals surface area contributed by atoms with Crippen LogP contribution in [0.25, 0.3) is 0 Å². The zero-order valence-corrected chi connectivity index (χ0v) is 11.4. The molecule has 1 aliphatic rings. The van der Waals surface area contributed by atoms with E-state index in [1.807, 2.05) is 4.90 Å². The van der Waals surface area contributed by atoms with Gasteiger partial charge in [-0.2, -0.15) is 0 Å². The molecule has 0 radical (unpaired) electrons. The number of likely N-dealkylation sites (tertiary alicyclic amines) is 1. The molecule has 1 amide bonds.